The third-order valence-electron chi connectivity index (χ3n) is 9.02. The van der Waals surface area contributed by atoms with Gasteiger partial charge in [0.05, 0.1) is 19.0 Å². The van der Waals surface area contributed by atoms with Crippen molar-refractivity contribution >= 4 is 29.4 Å². The summed E-state index contributed by atoms with van der Waals surface area (Å²) in [6, 6.07) is 3.23. The lowest BCUT2D eigenvalue weighted by Gasteiger charge is -2.46. The van der Waals surface area contributed by atoms with E-state index in [0.29, 0.717) is 36.8 Å². The molecule has 0 radical (unpaired) electrons. The minimum absolute atomic E-state index is 0.134. The monoisotopic (exact) mass is 577 g/mol. The first kappa shape index (κ1) is 29.2. The SMILES string of the molecule is COC(=O)CC1CCC2(CC1)CCN(c1ccc(NC(=O)c3oc(N4CCCC(C)C4)nc3C(F)(F)F)cn1)CC2. The fourth-order valence-corrected chi connectivity index (χ4v) is 6.51. The van der Waals surface area contributed by atoms with E-state index >= 15 is 0 Å². The van der Waals surface area contributed by atoms with E-state index < -0.39 is 23.5 Å². The van der Waals surface area contributed by atoms with Crippen LogP contribution in [0.25, 0.3) is 0 Å². The number of carbonyl (C=O) groups excluding carboxylic acids is 2. The molecule has 2 saturated heterocycles. The number of nitrogens with zero attached hydrogens (tertiary/aromatic N) is 4. The topological polar surface area (TPSA) is 101 Å². The summed E-state index contributed by atoms with van der Waals surface area (Å²) in [7, 11) is 1.43. The maximum atomic E-state index is 13.7. The van der Waals surface area contributed by atoms with Gasteiger partial charge in [-0.2, -0.15) is 18.2 Å². The summed E-state index contributed by atoms with van der Waals surface area (Å²) in [5, 5.41) is 2.49. The number of hydrogen-bond acceptors (Lipinski definition) is 8. The molecule has 0 bridgehead atoms. The molecule has 1 unspecified atom stereocenters. The molecular formula is C29H38F3N5O4. The molecule has 0 aromatic carbocycles. The summed E-state index contributed by atoms with van der Waals surface area (Å²) in [5.41, 5.74) is -0.752. The Labute approximate surface area is 237 Å². The molecule has 1 atom stereocenters. The second-order valence-corrected chi connectivity index (χ2v) is 11.9. The average molecular weight is 578 g/mol. The van der Waals surface area contributed by atoms with E-state index in [-0.39, 0.29) is 17.7 Å². The Bertz CT molecular complexity index is 1210. The summed E-state index contributed by atoms with van der Waals surface area (Å²) >= 11 is 0. The van der Waals surface area contributed by atoms with Gasteiger partial charge in [-0.1, -0.05) is 6.92 Å². The number of esters is 1. The Kier molecular flexibility index (Phi) is 8.47. The normalized spacial score (nSPS) is 21.6. The van der Waals surface area contributed by atoms with Crippen LogP contribution in [0.5, 0.6) is 0 Å². The van der Waals surface area contributed by atoms with Crippen molar-refractivity contribution in [2.45, 2.75) is 70.9 Å². The van der Waals surface area contributed by atoms with Gasteiger partial charge in [-0.3, -0.25) is 9.59 Å². The summed E-state index contributed by atoms with van der Waals surface area (Å²) in [6.07, 6.45) is 5.32. The van der Waals surface area contributed by atoms with Crippen LogP contribution in [-0.2, 0) is 15.7 Å². The van der Waals surface area contributed by atoms with Crippen molar-refractivity contribution in [1.82, 2.24) is 9.97 Å². The van der Waals surface area contributed by atoms with Crippen molar-refractivity contribution in [3.63, 3.8) is 0 Å². The van der Waals surface area contributed by atoms with E-state index in [1.165, 1.54) is 13.3 Å². The zero-order valence-electron chi connectivity index (χ0n) is 23.6. The van der Waals surface area contributed by atoms with Crippen LogP contribution >= 0.6 is 0 Å². The van der Waals surface area contributed by atoms with Crippen molar-refractivity contribution in [3.05, 3.63) is 29.8 Å². The summed E-state index contributed by atoms with van der Waals surface area (Å²) in [4.78, 5) is 36.5. The van der Waals surface area contributed by atoms with Crippen molar-refractivity contribution < 1.29 is 31.9 Å². The number of carbonyl (C=O) groups is 2. The van der Waals surface area contributed by atoms with Gasteiger partial charge in [-0.15, -0.1) is 0 Å². The highest BCUT2D eigenvalue weighted by Gasteiger charge is 2.42. The van der Waals surface area contributed by atoms with Crippen LogP contribution in [0.2, 0.25) is 0 Å². The Balaban J connectivity index is 1.18. The van der Waals surface area contributed by atoms with Crippen molar-refractivity contribution in [2.24, 2.45) is 17.3 Å². The van der Waals surface area contributed by atoms with E-state index in [0.717, 1.165) is 70.3 Å². The minimum Gasteiger partial charge on any atom is -0.469 e. The molecule has 41 heavy (non-hydrogen) atoms. The first-order valence-electron chi connectivity index (χ1n) is 14.5. The Hall–Kier alpha value is -3.31. The van der Waals surface area contributed by atoms with E-state index in [4.69, 9.17) is 9.15 Å². The van der Waals surface area contributed by atoms with Crippen LogP contribution in [-0.4, -0.2) is 55.1 Å². The van der Waals surface area contributed by atoms with Crippen LogP contribution in [0.1, 0.15) is 81.0 Å². The highest BCUT2D eigenvalue weighted by molar-refractivity contribution is 6.03. The molecule has 1 saturated carbocycles. The number of aromatic nitrogens is 2. The van der Waals surface area contributed by atoms with Gasteiger partial charge in [0.15, 0.2) is 5.69 Å². The van der Waals surface area contributed by atoms with Gasteiger partial charge in [-0.25, -0.2) is 4.98 Å². The smallest absolute Gasteiger partial charge is 0.437 e. The number of ether oxygens (including phenoxy) is 1. The van der Waals surface area contributed by atoms with Crippen molar-refractivity contribution in [3.8, 4) is 0 Å². The molecule has 4 heterocycles. The summed E-state index contributed by atoms with van der Waals surface area (Å²) in [6.45, 7) is 4.78. The van der Waals surface area contributed by atoms with Gasteiger partial charge >= 0.3 is 12.1 Å². The number of methoxy groups -OCH3 is 1. The number of halogens is 3. The van der Waals surface area contributed by atoms with E-state index in [2.05, 4.69) is 20.2 Å². The van der Waals surface area contributed by atoms with Gasteiger partial charge in [0.1, 0.15) is 5.82 Å². The average Bonchev–Trinajstić information content (AvgIpc) is 3.42. The molecule has 12 heteroatoms. The third-order valence-corrected chi connectivity index (χ3v) is 9.02. The number of pyridine rings is 1. The molecule has 1 aliphatic carbocycles. The molecular weight excluding hydrogens is 539 g/mol. The van der Waals surface area contributed by atoms with E-state index in [1.807, 2.05) is 6.92 Å². The number of amides is 1. The van der Waals surface area contributed by atoms with Gasteiger partial charge < -0.3 is 24.3 Å². The molecule has 1 N–H and O–H groups in total. The quantitative estimate of drug-likeness (QED) is 0.423. The fraction of sp³-hybridized carbons (Fsp3) is 0.655. The fourth-order valence-electron chi connectivity index (χ4n) is 6.51. The van der Waals surface area contributed by atoms with Crippen LogP contribution in [0.4, 0.5) is 30.7 Å². The number of piperidine rings is 2. The lowest BCUT2D eigenvalue weighted by molar-refractivity contribution is -0.142. The highest BCUT2D eigenvalue weighted by atomic mass is 19.4. The predicted molar refractivity (Wildman–Crippen MR) is 147 cm³/mol. The molecule has 3 aliphatic rings. The highest BCUT2D eigenvalue weighted by Crippen LogP contribution is 2.47. The molecule has 5 rings (SSSR count). The second kappa shape index (κ2) is 11.9. The van der Waals surface area contributed by atoms with Gasteiger partial charge in [-0.05, 0) is 80.8 Å². The predicted octanol–water partition coefficient (Wildman–Crippen LogP) is 5.92. The lowest BCUT2D eigenvalue weighted by Crippen LogP contribution is -2.42. The number of oxazole rings is 1. The largest absolute Gasteiger partial charge is 0.469 e. The van der Waals surface area contributed by atoms with Crippen LogP contribution in [0.15, 0.2) is 22.7 Å². The second-order valence-electron chi connectivity index (χ2n) is 11.9. The van der Waals surface area contributed by atoms with Crippen molar-refractivity contribution in [2.75, 3.05) is 48.4 Å². The van der Waals surface area contributed by atoms with E-state index in [9.17, 15) is 22.8 Å². The first-order chi connectivity index (χ1) is 19.5. The van der Waals surface area contributed by atoms with Gasteiger partial charge in [0, 0.05) is 32.6 Å². The number of rotatable bonds is 6. The standard InChI is InChI=1S/C29H38F3N5O4/c1-19-4-3-13-37(18-19)27-35-25(29(30,31)32)24(41-27)26(39)34-21-5-6-22(33-17-21)36-14-11-28(12-15-36)9-7-20(8-10-28)16-23(38)40-2/h5-6,17,19-20H,3-4,7-16,18H2,1-2H3,(H,34,39). The van der Waals surface area contributed by atoms with Gasteiger partial charge in [0.2, 0.25) is 5.76 Å². The molecule has 224 valence electrons. The number of anilines is 3. The maximum absolute atomic E-state index is 13.7. The molecule has 2 aromatic heterocycles. The van der Waals surface area contributed by atoms with E-state index in [1.54, 1.807) is 17.0 Å². The minimum atomic E-state index is -4.83. The number of nitrogens with one attached hydrogen (secondary N) is 1. The van der Waals surface area contributed by atoms with Crippen molar-refractivity contribution in [1.29, 1.82) is 0 Å². The first-order valence-corrected chi connectivity index (χ1v) is 14.5. The number of alkyl halides is 3. The lowest BCUT2D eigenvalue weighted by atomic mass is 9.65. The Morgan fingerprint density at radius 3 is 2.44 bits per heavy atom. The maximum Gasteiger partial charge on any atom is 0.437 e. The van der Waals surface area contributed by atoms with Crippen LogP contribution in [0.3, 0.4) is 0 Å². The number of hydrogen-bond donors (Lipinski definition) is 1. The zero-order chi connectivity index (χ0) is 29.2. The van der Waals surface area contributed by atoms with Crippen LogP contribution in [0, 0.1) is 17.3 Å². The molecule has 9 nitrogen and oxygen atoms in total. The summed E-state index contributed by atoms with van der Waals surface area (Å²) < 4.78 is 51.4. The molecule has 1 spiro atoms. The summed E-state index contributed by atoms with van der Waals surface area (Å²) in [5.74, 6) is -0.541. The third kappa shape index (κ3) is 6.78. The zero-order valence-corrected chi connectivity index (χ0v) is 23.6. The molecule has 2 aliphatic heterocycles. The molecule has 1 amide bonds. The van der Waals surface area contributed by atoms with Crippen LogP contribution < -0.4 is 15.1 Å². The Morgan fingerprint density at radius 2 is 1.83 bits per heavy atom. The Morgan fingerprint density at radius 1 is 1.10 bits per heavy atom. The van der Waals surface area contributed by atoms with Gasteiger partial charge in [0.25, 0.3) is 11.9 Å². The molecule has 2 aromatic rings. The molecule has 3 fully saturated rings.